The summed E-state index contributed by atoms with van der Waals surface area (Å²) in [4.78, 5) is 3.88. The minimum Gasteiger partial charge on any atom is -0.384 e. The van der Waals surface area contributed by atoms with Gasteiger partial charge in [-0.1, -0.05) is 6.92 Å². The second-order valence-electron chi connectivity index (χ2n) is 4.37. The van der Waals surface area contributed by atoms with Gasteiger partial charge in [0.05, 0.1) is 10.6 Å². The number of anilines is 1. The van der Waals surface area contributed by atoms with E-state index >= 15 is 0 Å². The summed E-state index contributed by atoms with van der Waals surface area (Å²) in [6.07, 6.45) is 3.92. The van der Waals surface area contributed by atoms with Crippen molar-refractivity contribution in [2.75, 3.05) is 5.73 Å². The molecule has 108 valence electrons. The second kappa shape index (κ2) is 5.59. The van der Waals surface area contributed by atoms with E-state index in [1.807, 2.05) is 13.1 Å². The summed E-state index contributed by atoms with van der Waals surface area (Å²) >= 11 is 0. The van der Waals surface area contributed by atoms with E-state index in [2.05, 4.69) is 14.8 Å². The van der Waals surface area contributed by atoms with Gasteiger partial charge in [0, 0.05) is 37.6 Å². The Morgan fingerprint density at radius 1 is 1.45 bits per heavy atom. The third-order valence-corrected chi connectivity index (χ3v) is 4.24. The SMILES string of the molecule is CCc1nn(C)cc1CNS(=O)(=O)c1ccnc(N)c1. The second-order valence-corrected chi connectivity index (χ2v) is 6.14. The fraction of sp³-hybridized carbons (Fsp3) is 0.333. The first-order valence-electron chi connectivity index (χ1n) is 6.15. The maximum Gasteiger partial charge on any atom is 0.241 e. The van der Waals surface area contributed by atoms with Crippen LogP contribution in [0.25, 0.3) is 0 Å². The van der Waals surface area contributed by atoms with E-state index in [4.69, 9.17) is 5.73 Å². The van der Waals surface area contributed by atoms with Crippen molar-refractivity contribution in [2.45, 2.75) is 24.8 Å². The Hall–Kier alpha value is -1.93. The van der Waals surface area contributed by atoms with Gasteiger partial charge in [0.2, 0.25) is 10.0 Å². The highest BCUT2D eigenvalue weighted by atomic mass is 32.2. The Morgan fingerprint density at radius 3 is 2.85 bits per heavy atom. The average molecular weight is 295 g/mol. The van der Waals surface area contributed by atoms with Crippen LogP contribution in [-0.2, 0) is 30.0 Å². The number of rotatable bonds is 5. The summed E-state index contributed by atoms with van der Waals surface area (Å²) in [6, 6.07) is 2.73. The van der Waals surface area contributed by atoms with Crippen LogP contribution in [0, 0.1) is 0 Å². The van der Waals surface area contributed by atoms with Crippen LogP contribution in [0.5, 0.6) is 0 Å². The Bertz CT molecular complexity index is 708. The Labute approximate surface area is 117 Å². The van der Waals surface area contributed by atoms with Crippen LogP contribution in [0.2, 0.25) is 0 Å². The van der Waals surface area contributed by atoms with E-state index in [-0.39, 0.29) is 17.3 Å². The number of hydrogen-bond acceptors (Lipinski definition) is 5. The van der Waals surface area contributed by atoms with Gasteiger partial charge in [0.25, 0.3) is 0 Å². The third kappa shape index (κ3) is 3.14. The molecule has 2 aromatic heterocycles. The predicted molar refractivity (Wildman–Crippen MR) is 75.3 cm³/mol. The van der Waals surface area contributed by atoms with Crippen molar-refractivity contribution in [1.82, 2.24) is 19.5 Å². The third-order valence-electron chi connectivity index (χ3n) is 2.84. The number of nitrogens with one attached hydrogen (secondary N) is 1. The lowest BCUT2D eigenvalue weighted by Crippen LogP contribution is -2.23. The zero-order valence-electron chi connectivity index (χ0n) is 11.4. The molecule has 2 aromatic rings. The summed E-state index contributed by atoms with van der Waals surface area (Å²) in [5, 5.41) is 4.27. The van der Waals surface area contributed by atoms with Gasteiger partial charge in [0.1, 0.15) is 5.82 Å². The smallest absolute Gasteiger partial charge is 0.241 e. The van der Waals surface area contributed by atoms with Gasteiger partial charge in [0.15, 0.2) is 0 Å². The van der Waals surface area contributed by atoms with Crippen LogP contribution in [0.3, 0.4) is 0 Å². The van der Waals surface area contributed by atoms with Gasteiger partial charge in [-0.25, -0.2) is 18.1 Å². The molecule has 8 heteroatoms. The van der Waals surface area contributed by atoms with E-state index < -0.39 is 10.0 Å². The molecule has 0 saturated carbocycles. The molecular weight excluding hydrogens is 278 g/mol. The first-order chi connectivity index (χ1) is 9.42. The highest BCUT2D eigenvalue weighted by Crippen LogP contribution is 2.12. The summed E-state index contributed by atoms with van der Waals surface area (Å²) in [5.74, 6) is 0.170. The molecule has 0 atom stereocenters. The lowest BCUT2D eigenvalue weighted by atomic mass is 10.2. The summed E-state index contributed by atoms with van der Waals surface area (Å²) in [5.41, 5.74) is 7.24. The van der Waals surface area contributed by atoms with Crippen LogP contribution >= 0.6 is 0 Å². The maximum absolute atomic E-state index is 12.1. The molecule has 0 fully saturated rings. The number of nitrogen functional groups attached to an aromatic ring is 1. The van der Waals surface area contributed by atoms with E-state index in [1.54, 1.807) is 11.7 Å². The summed E-state index contributed by atoms with van der Waals surface area (Å²) < 4.78 is 28.5. The van der Waals surface area contributed by atoms with Crippen molar-refractivity contribution in [3.8, 4) is 0 Å². The maximum atomic E-state index is 12.1. The molecule has 0 aliphatic heterocycles. The predicted octanol–water partition coefficient (Wildman–Crippen LogP) is 0.438. The van der Waals surface area contributed by atoms with Crippen LogP contribution in [0.4, 0.5) is 5.82 Å². The van der Waals surface area contributed by atoms with Crippen LogP contribution in [0.1, 0.15) is 18.2 Å². The summed E-state index contributed by atoms with van der Waals surface area (Å²) in [7, 11) is -1.80. The topological polar surface area (TPSA) is 103 Å². The molecule has 0 aliphatic carbocycles. The van der Waals surface area contributed by atoms with Gasteiger partial charge < -0.3 is 5.73 Å². The standard InChI is InChI=1S/C12H17N5O2S/c1-3-11-9(8-17(2)16-11)7-15-20(18,19)10-4-5-14-12(13)6-10/h4-6,8,15H,3,7H2,1-2H3,(H2,13,14). The molecule has 2 heterocycles. The average Bonchev–Trinajstić information content (AvgIpc) is 2.77. The van der Waals surface area contributed by atoms with Gasteiger partial charge in [-0.2, -0.15) is 5.10 Å². The Kier molecular flexibility index (Phi) is 4.05. The first-order valence-corrected chi connectivity index (χ1v) is 7.63. The fourth-order valence-electron chi connectivity index (χ4n) is 1.88. The largest absolute Gasteiger partial charge is 0.384 e. The molecular formula is C12H17N5O2S. The summed E-state index contributed by atoms with van der Waals surface area (Å²) in [6.45, 7) is 2.17. The Morgan fingerprint density at radius 2 is 2.20 bits per heavy atom. The number of hydrogen-bond donors (Lipinski definition) is 2. The van der Waals surface area contributed by atoms with Crippen LogP contribution in [-0.4, -0.2) is 23.2 Å². The van der Waals surface area contributed by atoms with E-state index in [9.17, 15) is 8.42 Å². The number of nitrogens with zero attached hydrogens (tertiary/aromatic N) is 3. The number of pyridine rings is 1. The van der Waals surface area contributed by atoms with Crippen molar-refractivity contribution >= 4 is 15.8 Å². The van der Waals surface area contributed by atoms with Crippen LogP contribution in [0.15, 0.2) is 29.4 Å². The molecule has 0 aromatic carbocycles. The molecule has 0 spiro atoms. The molecule has 0 amide bonds. The lowest BCUT2D eigenvalue weighted by Gasteiger charge is -2.06. The van der Waals surface area contributed by atoms with Crippen molar-refractivity contribution in [2.24, 2.45) is 7.05 Å². The van der Waals surface area contributed by atoms with Crippen molar-refractivity contribution < 1.29 is 8.42 Å². The molecule has 20 heavy (non-hydrogen) atoms. The Balaban J connectivity index is 2.17. The van der Waals surface area contributed by atoms with Gasteiger partial charge >= 0.3 is 0 Å². The van der Waals surface area contributed by atoms with Gasteiger partial charge in [-0.15, -0.1) is 0 Å². The number of nitrogens with two attached hydrogens (primary N) is 1. The highest BCUT2D eigenvalue weighted by Gasteiger charge is 2.16. The molecule has 0 aliphatic rings. The molecule has 2 rings (SSSR count). The number of aromatic nitrogens is 3. The van der Waals surface area contributed by atoms with E-state index in [0.717, 1.165) is 17.7 Å². The van der Waals surface area contributed by atoms with Gasteiger partial charge in [-0.3, -0.25) is 4.68 Å². The lowest BCUT2D eigenvalue weighted by molar-refractivity contribution is 0.581. The molecule has 0 radical (unpaired) electrons. The van der Waals surface area contributed by atoms with Crippen molar-refractivity contribution in [3.05, 3.63) is 35.8 Å². The minimum absolute atomic E-state index is 0.104. The molecule has 7 nitrogen and oxygen atoms in total. The molecule has 0 bridgehead atoms. The first kappa shape index (κ1) is 14.5. The normalized spacial score (nSPS) is 11.7. The van der Waals surface area contributed by atoms with Crippen molar-refractivity contribution in [1.29, 1.82) is 0 Å². The van der Waals surface area contributed by atoms with Gasteiger partial charge in [-0.05, 0) is 12.5 Å². The minimum atomic E-state index is -3.60. The zero-order chi connectivity index (χ0) is 14.8. The van der Waals surface area contributed by atoms with Crippen LogP contribution < -0.4 is 10.5 Å². The number of aryl methyl sites for hydroxylation is 2. The highest BCUT2D eigenvalue weighted by molar-refractivity contribution is 7.89. The molecule has 0 saturated heterocycles. The number of sulfonamides is 1. The van der Waals surface area contributed by atoms with E-state index in [1.165, 1.54) is 18.3 Å². The quantitative estimate of drug-likeness (QED) is 0.833. The zero-order valence-corrected chi connectivity index (χ0v) is 12.2. The monoisotopic (exact) mass is 295 g/mol. The fourth-order valence-corrected chi connectivity index (χ4v) is 2.91. The molecule has 0 unspecified atom stereocenters. The molecule has 3 N–H and O–H groups in total. The van der Waals surface area contributed by atoms with Crippen molar-refractivity contribution in [3.63, 3.8) is 0 Å². The van der Waals surface area contributed by atoms with E-state index in [0.29, 0.717) is 0 Å².